The van der Waals surface area contributed by atoms with E-state index in [0.29, 0.717) is 12.6 Å². The molecule has 1 aromatic heterocycles. The van der Waals surface area contributed by atoms with E-state index in [0.717, 1.165) is 29.4 Å². The van der Waals surface area contributed by atoms with Crippen LogP contribution in [0.15, 0.2) is 17.5 Å². The summed E-state index contributed by atoms with van der Waals surface area (Å²) in [5.41, 5.74) is 6.26. The van der Waals surface area contributed by atoms with E-state index in [1.54, 1.807) is 17.4 Å². The molecule has 0 unspecified atom stereocenters. The van der Waals surface area contributed by atoms with Crippen molar-refractivity contribution in [1.29, 1.82) is 0 Å². The molecule has 1 aliphatic carbocycles. The maximum Gasteiger partial charge on any atom is 0.328 e. The Morgan fingerprint density at radius 1 is 1.43 bits per heavy atom. The molecule has 3 N–H and O–H groups in total. The normalized spacial score (nSPS) is 16.0. The van der Waals surface area contributed by atoms with Gasteiger partial charge in [0, 0.05) is 23.5 Å². The van der Waals surface area contributed by atoms with Gasteiger partial charge in [-0.05, 0) is 35.9 Å². The van der Waals surface area contributed by atoms with Gasteiger partial charge >= 0.3 is 5.97 Å². The molecule has 0 aliphatic heterocycles. The molecule has 114 valence electrons. The molecule has 0 spiro atoms. The highest BCUT2D eigenvalue weighted by Gasteiger charge is 2.24. The van der Waals surface area contributed by atoms with Crippen LogP contribution in [0, 0.1) is 0 Å². The number of carboxylic acids is 1. The van der Waals surface area contributed by atoms with Crippen molar-refractivity contribution in [1.82, 2.24) is 4.90 Å². The van der Waals surface area contributed by atoms with Crippen LogP contribution in [-0.2, 0) is 16.1 Å². The van der Waals surface area contributed by atoms with E-state index in [-0.39, 0.29) is 12.5 Å². The number of rotatable bonds is 7. The molecule has 0 saturated heterocycles. The number of nitrogens with zero attached hydrogens (tertiary/aromatic N) is 1. The summed E-state index contributed by atoms with van der Waals surface area (Å²) in [4.78, 5) is 25.1. The zero-order valence-corrected chi connectivity index (χ0v) is 12.6. The second-order valence-electron chi connectivity index (χ2n) is 5.28. The topological polar surface area (TPSA) is 83.6 Å². The third kappa shape index (κ3) is 4.68. The second-order valence-corrected chi connectivity index (χ2v) is 6.28. The van der Waals surface area contributed by atoms with E-state index in [4.69, 9.17) is 10.8 Å². The van der Waals surface area contributed by atoms with Crippen LogP contribution in [0.5, 0.6) is 0 Å². The van der Waals surface area contributed by atoms with Crippen molar-refractivity contribution in [3.8, 4) is 0 Å². The Morgan fingerprint density at radius 2 is 2.14 bits per heavy atom. The zero-order chi connectivity index (χ0) is 15.2. The Balaban J connectivity index is 2.10. The van der Waals surface area contributed by atoms with E-state index < -0.39 is 5.97 Å². The Hall–Kier alpha value is -1.66. The van der Waals surface area contributed by atoms with Crippen molar-refractivity contribution in [2.45, 2.75) is 38.3 Å². The SMILES string of the molecule is NC(=O)CN(Cc1sccc1C=CC(=O)O)C1CCCC1. The first-order chi connectivity index (χ1) is 10.1. The highest BCUT2D eigenvalue weighted by atomic mass is 32.1. The molecule has 0 radical (unpaired) electrons. The fourth-order valence-corrected chi connectivity index (χ4v) is 3.65. The molecule has 1 aliphatic rings. The van der Waals surface area contributed by atoms with Gasteiger partial charge < -0.3 is 10.8 Å². The molecule has 1 aromatic rings. The van der Waals surface area contributed by atoms with Gasteiger partial charge in [0.15, 0.2) is 0 Å². The van der Waals surface area contributed by atoms with Gasteiger partial charge in [-0.2, -0.15) is 0 Å². The van der Waals surface area contributed by atoms with E-state index in [1.807, 2.05) is 11.4 Å². The summed E-state index contributed by atoms with van der Waals surface area (Å²) in [7, 11) is 0. The lowest BCUT2D eigenvalue weighted by atomic mass is 10.1. The molecule has 6 heteroatoms. The summed E-state index contributed by atoms with van der Waals surface area (Å²) >= 11 is 1.58. The number of aliphatic carboxylic acids is 1. The first-order valence-corrected chi connectivity index (χ1v) is 7.94. The molecule has 21 heavy (non-hydrogen) atoms. The number of primary amides is 1. The maximum absolute atomic E-state index is 11.3. The number of hydrogen-bond acceptors (Lipinski definition) is 4. The molecule has 0 aromatic carbocycles. The van der Waals surface area contributed by atoms with Crippen molar-refractivity contribution in [2.24, 2.45) is 5.73 Å². The van der Waals surface area contributed by atoms with Crippen LogP contribution in [0.2, 0.25) is 0 Å². The standard InChI is InChI=1S/C15H20N2O3S/c16-14(18)10-17(12-3-1-2-4-12)9-13-11(7-8-21-13)5-6-15(19)20/h5-8,12H,1-4,9-10H2,(H2,16,18)(H,19,20). The number of amides is 1. The van der Waals surface area contributed by atoms with Crippen LogP contribution in [0.3, 0.4) is 0 Å². The van der Waals surface area contributed by atoms with Crippen molar-refractivity contribution in [3.63, 3.8) is 0 Å². The quantitative estimate of drug-likeness (QED) is 0.755. The molecule has 5 nitrogen and oxygen atoms in total. The van der Waals surface area contributed by atoms with Gasteiger partial charge in [-0.25, -0.2) is 4.79 Å². The third-order valence-electron chi connectivity index (χ3n) is 3.73. The lowest BCUT2D eigenvalue weighted by Crippen LogP contribution is -2.39. The highest BCUT2D eigenvalue weighted by Crippen LogP contribution is 2.27. The first-order valence-electron chi connectivity index (χ1n) is 7.06. The average Bonchev–Trinajstić information content (AvgIpc) is 3.06. The predicted molar refractivity (Wildman–Crippen MR) is 82.8 cm³/mol. The van der Waals surface area contributed by atoms with Gasteiger partial charge in [0.1, 0.15) is 0 Å². The fourth-order valence-electron chi connectivity index (χ4n) is 2.76. The molecule has 1 heterocycles. The fraction of sp³-hybridized carbons (Fsp3) is 0.467. The number of nitrogens with two attached hydrogens (primary N) is 1. The Labute approximate surface area is 128 Å². The van der Waals surface area contributed by atoms with Gasteiger partial charge in [-0.1, -0.05) is 12.8 Å². The maximum atomic E-state index is 11.3. The monoisotopic (exact) mass is 308 g/mol. The van der Waals surface area contributed by atoms with Crippen LogP contribution >= 0.6 is 11.3 Å². The van der Waals surface area contributed by atoms with Crippen molar-refractivity contribution < 1.29 is 14.7 Å². The minimum Gasteiger partial charge on any atom is -0.478 e. The van der Waals surface area contributed by atoms with Gasteiger partial charge in [0.05, 0.1) is 6.54 Å². The number of hydrogen-bond donors (Lipinski definition) is 2. The Bertz CT molecular complexity index is 533. The molecule has 1 fully saturated rings. The van der Waals surface area contributed by atoms with Crippen LogP contribution < -0.4 is 5.73 Å². The van der Waals surface area contributed by atoms with Crippen LogP contribution in [0.25, 0.3) is 6.08 Å². The van der Waals surface area contributed by atoms with E-state index in [2.05, 4.69) is 4.90 Å². The summed E-state index contributed by atoms with van der Waals surface area (Å²) in [5.74, 6) is -1.28. The molecular weight excluding hydrogens is 288 g/mol. The van der Waals surface area contributed by atoms with Crippen LogP contribution in [-0.4, -0.2) is 34.5 Å². The molecule has 0 bridgehead atoms. The van der Waals surface area contributed by atoms with Crippen LogP contribution in [0.4, 0.5) is 0 Å². The minimum atomic E-state index is -0.961. The van der Waals surface area contributed by atoms with E-state index >= 15 is 0 Å². The number of carboxylic acid groups (broad SMARTS) is 1. The molecule has 0 atom stereocenters. The van der Waals surface area contributed by atoms with E-state index in [1.165, 1.54) is 12.8 Å². The summed E-state index contributed by atoms with van der Waals surface area (Å²) in [5, 5.41) is 10.7. The summed E-state index contributed by atoms with van der Waals surface area (Å²) in [6, 6.07) is 2.30. The smallest absolute Gasteiger partial charge is 0.328 e. The van der Waals surface area contributed by atoms with Crippen molar-refractivity contribution in [2.75, 3.05) is 6.54 Å². The second kappa shape index (κ2) is 7.38. The minimum absolute atomic E-state index is 0.255. The van der Waals surface area contributed by atoms with E-state index in [9.17, 15) is 9.59 Å². The predicted octanol–water partition coefficient (Wildman–Crippen LogP) is 2.08. The largest absolute Gasteiger partial charge is 0.478 e. The Kier molecular flexibility index (Phi) is 5.52. The lowest BCUT2D eigenvalue weighted by molar-refractivity contribution is -0.131. The zero-order valence-electron chi connectivity index (χ0n) is 11.8. The number of thiophene rings is 1. The molecule has 1 amide bonds. The van der Waals surface area contributed by atoms with Gasteiger partial charge in [0.25, 0.3) is 0 Å². The average molecular weight is 308 g/mol. The van der Waals surface area contributed by atoms with Gasteiger partial charge in [-0.15, -0.1) is 11.3 Å². The molecular formula is C15H20N2O3S. The van der Waals surface area contributed by atoms with Gasteiger partial charge in [-0.3, -0.25) is 9.69 Å². The summed E-state index contributed by atoms with van der Waals surface area (Å²) in [6.45, 7) is 0.898. The Morgan fingerprint density at radius 3 is 2.76 bits per heavy atom. The third-order valence-corrected chi connectivity index (χ3v) is 4.65. The molecule has 1 saturated carbocycles. The lowest BCUT2D eigenvalue weighted by Gasteiger charge is -2.27. The van der Waals surface area contributed by atoms with Crippen molar-refractivity contribution >= 4 is 29.3 Å². The summed E-state index contributed by atoms with van der Waals surface area (Å²) < 4.78 is 0. The van der Waals surface area contributed by atoms with Crippen molar-refractivity contribution in [3.05, 3.63) is 28.0 Å². The first kappa shape index (κ1) is 15.7. The number of carbonyl (C=O) groups is 2. The molecule has 2 rings (SSSR count). The van der Waals surface area contributed by atoms with Gasteiger partial charge in [0.2, 0.25) is 5.91 Å². The summed E-state index contributed by atoms with van der Waals surface area (Å²) in [6.07, 6.45) is 7.31. The highest BCUT2D eigenvalue weighted by molar-refractivity contribution is 7.10. The number of carbonyl (C=O) groups excluding carboxylic acids is 1. The van der Waals surface area contributed by atoms with Crippen LogP contribution in [0.1, 0.15) is 36.1 Å².